The fourth-order valence-electron chi connectivity index (χ4n) is 2.29. The van der Waals surface area contributed by atoms with Gasteiger partial charge < -0.3 is 4.79 Å². The molecule has 0 aliphatic carbocycles. The zero-order chi connectivity index (χ0) is 16.6. The molecule has 1 aliphatic heterocycles. The van der Waals surface area contributed by atoms with E-state index in [-0.39, 0.29) is 11.9 Å². The molecule has 9 heteroatoms. The van der Waals surface area contributed by atoms with E-state index in [1.807, 2.05) is 0 Å². The molecular weight excluding hydrogens is 405 g/mol. The lowest BCUT2D eigenvalue weighted by atomic mass is 10.1. The van der Waals surface area contributed by atoms with Gasteiger partial charge in [0.25, 0.3) is 0 Å². The Bertz CT molecular complexity index is 770. The Morgan fingerprint density at radius 1 is 1.57 bits per heavy atom. The van der Waals surface area contributed by atoms with Crippen molar-refractivity contribution in [1.82, 2.24) is 14.0 Å². The highest BCUT2D eigenvalue weighted by molar-refractivity contribution is 9.10. The second-order valence-electron chi connectivity index (χ2n) is 5.10. The van der Waals surface area contributed by atoms with Crippen molar-refractivity contribution >= 4 is 44.7 Å². The van der Waals surface area contributed by atoms with Gasteiger partial charge in [0.2, 0.25) is 0 Å². The Kier molecular flexibility index (Phi) is 5.02. The molecule has 3 atom stereocenters. The summed E-state index contributed by atoms with van der Waals surface area (Å²) in [5, 5.41) is 0.733. The minimum atomic E-state index is -1.43. The maximum absolute atomic E-state index is 13.7. The summed E-state index contributed by atoms with van der Waals surface area (Å²) in [6.07, 6.45) is 2.96. The quantitative estimate of drug-likeness (QED) is 0.780. The Balaban J connectivity index is 1.85. The number of benzene rings is 1. The smallest absolute Gasteiger partial charge is 0.171 e. The molecule has 0 saturated carbocycles. The first-order chi connectivity index (χ1) is 11.0. The van der Waals surface area contributed by atoms with Crippen LogP contribution in [0, 0.1) is 5.82 Å². The van der Waals surface area contributed by atoms with Crippen LogP contribution in [0.3, 0.4) is 0 Å². The van der Waals surface area contributed by atoms with E-state index in [1.165, 1.54) is 21.7 Å². The topological polar surface area (TPSA) is 62.3 Å². The second-order valence-corrected chi connectivity index (χ2v) is 8.32. The van der Waals surface area contributed by atoms with Crippen molar-refractivity contribution < 1.29 is 13.4 Å². The average Bonchev–Trinajstić information content (AvgIpc) is 3.02. The summed E-state index contributed by atoms with van der Waals surface area (Å²) in [7, 11) is 1.64. The third-order valence-electron chi connectivity index (χ3n) is 3.63. The lowest BCUT2D eigenvalue weighted by Gasteiger charge is -2.32. The van der Waals surface area contributed by atoms with Gasteiger partial charge in [-0.15, -0.1) is 11.3 Å². The van der Waals surface area contributed by atoms with Crippen molar-refractivity contribution in [3.8, 4) is 10.4 Å². The molecule has 1 aromatic heterocycles. The number of hydrogen-bond acceptors (Lipinski definition) is 4. The van der Waals surface area contributed by atoms with Crippen molar-refractivity contribution in [2.45, 2.75) is 18.5 Å². The number of thiazole rings is 1. The van der Waals surface area contributed by atoms with E-state index >= 15 is 0 Å². The summed E-state index contributed by atoms with van der Waals surface area (Å²) in [4.78, 5) is 16.3. The van der Waals surface area contributed by atoms with Gasteiger partial charge in [0.05, 0.1) is 21.4 Å². The number of nitrogens with one attached hydrogen (secondary N) is 1. The van der Waals surface area contributed by atoms with Crippen LogP contribution in [0.1, 0.15) is 17.5 Å². The van der Waals surface area contributed by atoms with Gasteiger partial charge in [-0.2, -0.15) is 0 Å². The van der Waals surface area contributed by atoms with Crippen molar-refractivity contribution in [3.63, 3.8) is 0 Å². The lowest BCUT2D eigenvalue weighted by molar-refractivity contribution is -0.111. The van der Waals surface area contributed by atoms with Crippen LogP contribution >= 0.6 is 27.3 Å². The van der Waals surface area contributed by atoms with Crippen molar-refractivity contribution in [2.24, 2.45) is 0 Å². The molecule has 0 radical (unpaired) electrons. The second kappa shape index (κ2) is 6.86. The molecule has 3 rings (SSSR count). The first-order valence-electron chi connectivity index (χ1n) is 6.77. The summed E-state index contributed by atoms with van der Waals surface area (Å²) < 4.78 is 30.5. The molecule has 1 saturated heterocycles. The molecule has 1 fully saturated rings. The standard InChI is InChI=1S/C14H13BrFN3O2S2/c1-19-9(7-20)5-12(18-23(19)21)14-17-6-13(22-14)8-2-3-10(15)11(16)4-8/h2-4,6-7,9,12,18H,5H2,1H3. The Morgan fingerprint density at radius 2 is 2.35 bits per heavy atom. The highest BCUT2D eigenvalue weighted by Crippen LogP contribution is 2.34. The summed E-state index contributed by atoms with van der Waals surface area (Å²) in [5.74, 6) is -0.336. The molecule has 122 valence electrons. The van der Waals surface area contributed by atoms with E-state index < -0.39 is 17.2 Å². The molecule has 5 nitrogen and oxygen atoms in total. The van der Waals surface area contributed by atoms with Gasteiger partial charge in [0.15, 0.2) is 11.2 Å². The molecule has 0 amide bonds. The number of likely N-dealkylation sites (N-methyl/N-ethyl adjacent to an activating group) is 1. The zero-order valence-electron chi connectivity index (χ0n) is 12.0. The highest BCUT2D eigenvalue weighted by atomic mass is 79.9. The number of halogens is 2. The van der Waals surface area contributed by atoms with Crippen molar-refractivity contribution in [1.29, 1.82) is 0 Å². The Hall–Kier alpha value is -1.000. The molecular formula is C14H13BrFN3O2S2. The molecule has 1 N–H and O–H groups in total. The van der Waals surface area contributed by atoms with Gasteiger partial charge in [0.1, 0.15) is 17.1 Å². The number of carbonyl (C=O) groups excluding carboxylic acids is 1. The van der Waals surface area contributed by atoms with Gasteiger partial charge in [0, 0.05) is 13.2 Å². The fourth-order valence-corrected chi connectivity index (χ4v) is 4.59. The van der Waals surface area contributed by atoms with Crippen molar-refractivity contribution in [3.05, 3.63) is 39.7 Å². The first kappa shape index (κ1) is 16.8. The molecule has 2 aromatic rings. The highest BCUT2D eigenvalue weighted by Gasteiger charge is 2.33. The molecule has 23 heavy (non-hydrogen) atoms. The number of aldehydes is 1. The minimum absolute atomic E-state index is 0.263. The van der Waals surface area contributed by atoms with E-state index in [1.54, 1.807) is 25.4 Å². The number of rotatable bonds is 3. The maximum Gasteiger partial charge on any atom is 0.171 e. The van der Waals surface area contributed by atoms with E-state index in [9.17, 15) is 13.4 Å². The Morgan fingerprint density at radius 3 is 3.04 bits per heavy atom. The van der Waals surface area contributed by atoms with Gasteiger partial charge in [-0.3, -0.25) is 0 Å². The predicted molar refractivity (Wildman–Crippen MR) is 91.5 cm³/mol. The van der Waals surface area contributed by atoms with Crippen molar-refractivity contribution in [2.75, 3.05) is 7.05 Å². The number of aromatic nitrogens is 1. The van der Waals surface area contributed by atoms with Crippen LogP contribution in [0.4, 0.5) is 4.39 Å². The number of hydrogen-bond donors (Lipinski definition) is 1. The fraction of sp³-hybridized carbons (Fsp3) is 0.286. The van der Waals surface area contributed by atoms with E-state index in [4.69, 9.17) is 0 Å². The molecule has 0 spiro atoms. The summed E-state index contributed by atoms with van der Waals surface area (Å²) in [6, 6.07) is 4.21. The van der Waals surface area contributed by atoms with Crippen LogP contribution in [0.2, 0.25) is 0 Å². The molecule has 0 bridgehead atoms. The van der Waals surface area contributed by atoms with Gasteiger partial charge >= 0.3 is 0 Å². The van der Waals surface area contributed by atoms with Gasteiger partial charge in [-0.25, -0.2) is 22.6 Å². The van der Waals surface area contributed by atoms with Crippen LogP contribution in [-0.4, -0.2) is 32.9 Å². The van der Waals surface area contributed by atoms with Crippen LogP contribution in [0.25, 0.3) is 10.4 Å². The summed E-state index contributed by atoms with van der Waals surface area (Å²) >= 11 is 3.09. The van der Waals surface area contributed by atoms with E-state index in [0.717, 1.165) is 21.7 Å². The van der Waals surface area contributed by atoms with E-state index in [0.29, 0.717) is 10.9 Å². The first-order valence-corrected chi connectivity index (χ1v) is 9.48. The minimum Gasteiger partial charge on any atom is -0.302 e. The molecule has 1 aliphatic rings. The van der Waals surface area contributed by atoms with Gasteiger partial charge in [-0.05, 0) is 40.0 Å². The van der Waals surface area contributed by atoms with E-state index in [2.05, 4.69) is 25.6 Å². The molecule has 2 heterocycles. The zero-order valence-corrected chi connectivity index (χ0v) is 15.3. The van der Waals surface area contributed by atoms with Crippen LogP contribution < -0.4 is 4.72 Å². The summed E-state index contributed by atoms with van der Waals surface area (Å²) in [5.41, 5.74) is 0.732. The third kappa shape index (κ3) is 3.43. The lowest BCUT2D eigenvalue weighted by Crippen LogP contribution is -2.48. The van der Waals surface area contributed by atoms with Crippen LogP contribution in [0.5, 0.6) is 0 Å². The molecule has 1 aromatic carbocycles. The van der Waals surface area contributed by atoms with Crippen LogP contribution in [0.15, 0.2) is 28.9 Å². The summed E-state index contributed by atoms with van der Waals surface area (Å²) in [6.45, 7) is 0. The van der Waals surface area contributed by atoms with Crippen LogP contribution in [-0.2, 0) is 16.0 Å². The number of nitrogens with zero attached hydrogens (tertiary/aromatic N) is 2. The molecule has 3 unspecified atom stereocenters. The number of carbonyl (C=O) groups is 1. The Labute approximate surface area is 147 Å². The normalized spacial score (nSPS) is 25.4. The maximum atomic E-state index is 13.7. The largest absolute Gasteiger partial charge is 0.302 e. The SMILES string of the molecule is CN1C(C=O)CC(c2ncc(-c3ccc(Br)c(F)c3)s2)NS1=O. The van der Waals surface area contributed by atoms with Gasteiger partial charge in [-0.1, -0.05) is 6.07 Å². The monoisotopic (exact) mass is 417 g/mol. The third-order valence-corrected chi connectivity index (χ3v) is 6.72. The predicted octanol–water partition coefficient (Wildman–Crippen LogP) is 2.82. The average molecular weight is 418 g/mol.